The molecule has 0 fully saturated rings. The maximum atomic E-state index is 13.3. The molecule has 0 radical (unpaired) electrons. The van der Waals surface area contributed by atoms with Crippen LogP contribution in [0.15, 0.2) is 60.8 Å². The molecular weight excluding hydrogens is 403 g/mol. The zero-order valence-electron chi connectivity index (χ0n) is 16.8. The molecule has 1 amide bonds. The van der Waals surface area contributed by atoms with Gasteiger partial charge in [0.25, 0.3) is 5.91 Å². The maximum absolute atomic E-state index is 13.3. The summed E-state index contributed by atoms with van der Waals surface area (Å²) >= 11 is 0. The molecule has 160 valence electrons. The number of aromatic nitrogens is 1. The fourth-order valence-corrected chi connectivity index (χ4v) is 2.69. The molecule has 1 aromatic heterocycles. The van der Waals surface area contributed by atoms with E-state index in [0.29, 0.717) is 23.7 Å². The summed E-state index contributed by atoms with van der Waals surface area (Å²) in [5.41, 5.74) is 0.895. The molecule has 0 bridgehead atoms. The maximum Gasteiger partial charge on any atom is 0.337 e. The zero-order valence-corrected chi connectivity index (χ0v) is 16.8. The van der Waals surface area contributed by atoms with Crippen molar-refractivity contribution in [3.8, 4) is 11.5 Å². The number of hydrogen-bond donors (Lipinski definition) is 2. The van der Waals surface area contributed by atoms with E-state index < -0.39 is 11.9 Å². The third-order valence-electron chi connectivity index (χ3n) is 4.20. The number of carbonyl (C=O) groups is 2. The molecule has 31 heavy (non-hydrogen) atoms. The molecule has 3 aromatic rings. The predicted molar refractivity (Wildman–Crippen MR) is 112 cm³/mol. The highest BCUT2D eigenvalue weighted by Crippen LogP contribution is 2.26. The van der Waals surface area contributed by atoms with E-state index in [4.69, 9.17) is 14.6 Å². The Morgan fingerprint density at radius 2 is 1.94 bits per heavy atom. The number of carboxylic acid groups (broad SMARTS) is 1. The number of ether oxygens (including phenoxy) is 2. The summed E-state index contributed by atoms with van der Waals surface area (Å²) in [6, 6.07) is 13.6. The van der Waals surface area contributed by atoms with Crippen molar-refractivity contribution < 1.29 is 28.6 Å². The summed E-state index contributed by atoms with van der Waals surface area (Å²) < 4.78 is 24.7. The summed E-state index contributed by atoms with van der Waals surface area (Å²) in [6.45, 7) is 2.51. The lowest BCUT2D eigenvalue weighted by Crippen LogP contribution is -2.15. The second-order valence-corrected chi connectivity index (χ2v) is 6.62. The van der Waals surface area contributed by atoms with Gasteiger partial charge in [-0.2, -0.15) is 0 Å². The molecule has 0 atom stereocenters. The Hall–Kier alpha value is -3.94. The van der Waals surface area contributed by atoms with E-state index in [2.05, 4.69) is 10.3 Å². The number of amides is 1. The number of halogens is 1. The van der Waals surface area contributed by atoms with Crippen molar-refractivity contribution in [3.63, 3.8) is 0 Å². The number of carboxylic acids is 1. The Bertz CT molecular complexity index is 1070. The topological polar surface area (TPSA) is 97.8 Å². The van der Waals surface area contributed by atoms with E-state index in [1.54, 1.807) is 24.3 Å². The van der Waals surface area contributed by atoms with Gasteiger partial charge in [0.2, 0.25) is 0 Å². The summed E-state index contributed by atoms with van der Waals surface area (Å²) in [5.74, 6) is -0.970. The zero-order chi connectivity index (χ0) is 22.2. The molecule has 0 aliphatic carbocycles. The number of benzene rings is 2. The molecule has 1 heterocycles. The summed E-state index contributed by atoms with van der Waals surface area (Å²) in [4.78, 5) is 27.7. The number of aromatic carboxylic acids is 1. The first-order valence-electron chi connectivity index (χ1n) is 9.61. The number of nitrogens with one attached hydrogen (secondary N) is 1. The number of hydrogen-bond acceptors (Lipinski definition) is 5. The van der Waals surface area contributed by atoms with Gasteiger partial charge in [0.05, 0.1) is 17.7 Å². The van der Waals surface area contributed by atoms with Gasteiger partial charge >= 0.3 is 5.97 Å². The van der Waals surface area contributed by atoms with E-state index >= 15 is 0 Å². The van der Waals surface area contributed by atoms with Crippen molar-refractivity contribution in [2.75, 3.05) is 11.9 Å². The average Bonchev–Trinajstić information content (AvgIpc) is 2.77. The van der Waals surface area contributed by atoms with E-state index in [-0.39, 0.29) is 29.4 Å². The molecule has 0 spiro atoms. The van der Waals surface area contributed by atoms with Crippen LogP contribution in [0.25, 0.3) is 0 Å². The SMILES string of the molecule is CCCOc1ccc(OCc2cccc(F)c2)cc1C(=O)Nc1ccc(C(=O)O)cn1. The third kappa shape index (κ3) is 6.02. The Balaban J connectivity index is 1.78. The molecule has 0 saturated heterocycles. The molecule has 2 aromatic carbocycles. The van der Waals surface area contributed by atoms with Crippen LogP contribution in [0.3, 0.4) is 0 Å². The lowest BCUT2D eigenvalue weighted by Gasteiger charge is -2.14. The molecule has 0 unspecified atom stereocenters. The second kappa shape index (κ2) is 10.2. The lowest BCUT2D eigenvalue weighted by atomic mass is 10.1. The Labute approximate surface area is 178 Å². The first-order valence-corrected chi connectivity index (χ1v) is 9.61. The van der Waals surface area contributed by atoms with Gasteiger partial charge in [0.1, 0.15) is 29.7 Å². The number of anilines is 1. The summed E-state index contributed by atoms with van der Waals surface area (Å²) in [7, 11) is 0. The monoisotopic (exact) mass is 424 g/mol. The van der Waals surface area contributed by atoms with Crippen LogP contribution in [0.2, 0.25) is 0 Å². The normalized spacial score (nSPS) is 10.4. The average molecular weight is 424 g/mol. The molecule has 3 rings (SSSR count). The van der Waals surface area contributed by atoms with Gasteiger partial charge in [-0.3, -0.25) is 4.79 Å². The van der Waals surface area contributed by atoms with Gasteiger partial charge in [0.15, 0.2) is 0 Å². The van der Waals surface area contributed by atoms with E-state index in [1.165, 1.54) is 30.3 Å². The number of pyridine rings is 1. The fourth-order valence-electron chi connectivity index (χ4n) is 2.69. The van der Waals surface area contributed by atoms with Crippen LogP contribution >= 0.6 is 0 Å². The molecule has 0 aliphatic rings. The highest BCUT2D eigenvalue weighted by Gasteiger charge is 2.16. The van der Waals surface area contributed by atoms with Crippen LogP contribution < -0.4 is 14.8 Å². The minimum absolute atomic E-state index is 0.0118. The van der Waals surface area contributed by atoms with Gasteiger partial charge in [-0.25, -0.2) is 14.2 Å². The van der Waals surface area contributed by atoms with Crippen molar-refractivity contribution in [1.29, 1.82) is 0 Å². The molecular formula is C23H21FN2O5. The highest BCUT2D eigenvalue weighted by molar-refractivity contribution is 6.06. The minimum atomic E-state index is -1.11. The smallest absolute Gasteiger partial charge is 0.337 e. The van der Waals surface area contributed by atoms with Gasteiger partial charge in [-0.15, -0.1) is 0 Å². The Morgan fingerprint density at radius 3 is 2.61 bits per heavy atom. The van der Waals surface area contributed by atoms with Gasteiger partial charge in [-0.1, -0.05) is 19.1 Å². The summed E-state index contributed by atoms with van der Waals surface area (Å²) in [6.07, 6.45) is 1.92. The highest BCUT2D eigenvalue weighted by atomic mass is 19.1. The van der Waals surface area contributed by atoms with Crippen molar-refractivity contribution in [1.82, 2.24) is 4.98 Å². The van der Waals surface area contributed by atoms with Crippen LogP contribution in [-0.2, 0) is 6.61 Å². The molecule has 0 saturated carbocycles. The van der Waals surface area contributed by atoms with Crippen molar-refractivity contribution in [2.45, 2.75) is 20.0 Å². The Kier molecular flexibility index (Phi) is 7.16. The van der Waals surface area contributed by atoms with E-state index in [0.717, 1.165) is 12.6 Å². The van der Waals surface area contributed by atoms with Crippen molar-refractivity contribution >= 4 is 17.7 Å². The second-order valence-electron chi connectivity index (χ2n) is 6.62. The van der Waals surface area contributed by atoms with Gasteiger partial charge < -0.3 is 19.9 Å². The van der Waals surface area contributed by atoms with Crippen LogP contribution in [0.4, 0.5) is 10.2 Å². The van der Waals surface area contributed by atoms with Crippen LogP contribution in [0, 0.1) is 5.82 Å². The quantitative estimate of drug-likeness (QED) is 0.523. The van der Waals surface area contributed by atoms with Gasteiger partial charge in [-0.05, 0) is 54.4 Å². The molecule has 0 aliphatic heterocycles. The lowest BCUT2D eigenvalue weighted by molar-refractivity contribution is 0.0696. The van der Waals surface area contributed by atoms with Crippen LogP contribution in [0.5, 0.6) is 11.5 Å². The number of carbonyl (C=O) groups excluding carboxylic acids is 1. The number of nitrogens with zero attached hydrogens (tertiary/aromatic N) is 1. The number of rotatable bonds is 9. The first kappa shape index (κ1) is 21.8. The standard InChI is InChI=1S/C23H21FN2O5/c1-2-10-30-20-8-7-18(31-14-15-4-3-5-17(24)11-15)12-19(20)22(27)26-21-9-6-16(13-25-21)23(28)29/h3-9,11-13H,2,10,14H2,1H3,(H,28,29)(H,25,26,27). The molecule has 8 heteroatoms. The van der Waals surface area contributed by atoms with Crippen LogP contribution in [0.1, 0.15) is 39.6 Å². The Morgan fingerprint density at radius 1 is 1.10 bits per heavy atom. The summed E-state index contributed by atoms with van der Waals surface area (Å²) in [5, 5.41) is 11.6. The van der Waals surface area contributed by atoms with E-state index in [9.17, 15) is 14.0 Å². The largest absolute Gasteiger partial charge is 0.493 e. The minimum Gasteiger partial charge on any atom is -0.493 e. The van der Waals surface area contributed by atoms with Crippen LogP contribution in [-0.4, -0.2) is 28.6 Å². The molecule has 2 N–H and O–H groups in total. The fraction of sp³-hybridized carbons (Fsp3) is 0.174. The van der Waals surface area contributed by atoms with Crippen molar-refractivity contribution in [2.24, 2.45) is 0 Å². The van der Waals surface area contributed by atoms with E-state index in [1.807, 2.05) is 6.92 Å². The third-order valence-corrected chi connectivity index (χ3v) is 4.20. The van der Waals surface area contributed by atoms with Gasteiger partial charge in [0, 0.05) is 6.20 Å². The van der Waals surface area contributed by atoms with Crippen molar-refractivity contribution in [3.05, 3.63) is 83.3 Å². The first-order chi connectivity index (χ1) is 15.0. The predicted octanol–water partition coefficient (Wildman–Crippen LogP) is 4.54. The molecule has 7 nitrogen and oxygen atoms in total.